The van der Waals surface area contributed by atoms with Crippen molar-refractivity contribution in [3.63, 3.8) is 0 Å². The zero-order chi connectivity index (χ0) is 14.5. The van der Waals surface area contributed by atoms with Crippen LogP contribution in [0.5, 0.6) is 0 Å². The summed E-state index contributed by atoms with van der Waals surface area (Å²) in [5, 5.41) is 9.29. The summed E-state index contributed by atoms with van der Waals surface area (Å²) in [5.74, 6) is 0.707. The van der Waals surface area contributed by atoms with Crippen LogP contribution in [0.1, 0.15) is 12.2 Å². The fourth-order valence-corrected chi connectivity index (χ4v) is 2.13. The van der Waals surface area contributed by atoms with E-state index in [0.717, 1.165) is 17.1 Å². The number of rotatable bonds is 6. The number of carboxylic acid groups (broad SMARTS) is 1. The van der Waals surface area contributed by atoms with Gasteiger partial charge in [0.25, 0.3) is 0 Å². The quantitative estimate of drug-likeness (QED) is 0.885. The molecule has 0 aliphatic rings. The van der Waals surface area contributed by atoms with Gasteiger partial charge >= 0.3 is 5.97 Å². The molecule has 2 aromatic rings. The Kier molecular flexibility index (Phi) is 4.82. The van der Waals surface area contributed by atoms with Gasteiger partial charge in [0.15, 0.2) is 0 Å². The van der Waals surface area contributed by atoms with Gasteiger partial charge < -0.3 is 9.52 Å². The van der Waals surface area contributed by atoms with Crippen molar-refractivity contribution in [1.82, 2.24) is 4.90 Å². The lowest BCUT2D eigenvalue weighted by molar-refractivity contribution is -0.137. The Morgan fingerprint density at radius 1 is 1.30 bits per heavy atom. The van der Waals surface area contributed by atoms with Crippen molar-refractivity contribution in [1.29, 1.82) is 0 Å². The highest BCUT2D eigenvalue weighted by atomic mass is 35.5. The minimum atomic E-state index is -0.798. The molecule has 0 radical (unpaired) electrons. The topological polar surface area (TPSA) is 53.7 Å². The van der Waals surface area contributed by atoms with E-state index in [2.05, 4.69) is 0 Å². The molecule has 0 unspecified atom stereocenters. The van der Waals surface area contributed by atoms with Crippen molar-refractivity contribution in [2.45, 2.75) is 13.0 Å². The number of furan rings is 1. The summed E-state index contributed by atoms with van der Waals surface area (Å²) in [5.41, 5.74) is 0.855. The third-order valence-corrected chi connectivity index (χ3v) is 3.26. The number of aliphatic carboxylic acids is 1. The second kappa shape index (κ2) is 6.59. The second-order valence-electron chi connectivity index (χ2n) is 4.63. The van der Waals surface area contributed by atoms with Crippen molar-refractivity contribution < 1.29 is 14.3 Å². The zero-order valence-corrected chi connectivity index (χ0v) is 11.9. The van der Waals surface area contributed by atoms with Crippen LogP contribution in [0.4, 0.5) is 0 Å². The van der Waals surface area contributed by atoms with Crippen LogP contribution in [0.2, 0.25) is 5.02 Å². The van der Waals surface area contributed by atoms with Gasteiger partial charge in [0.1, 0.15) is 11.5 Å². The summed E-state index contributed by atoms with van der Waals surface area (Å²) in [6, 6.07) is 11.3. The molecule has 1 aromatic carbocycles. The first-order valence-corrected chi connectivity index (χ1v) is 6.68. The Morgan fingerprint density at radius 2 is 2.05 bits per heavy atom. The van der Waals surface area contributed by atoms with Gasteiger partial charge in [-0.25, -0.2) is 0 Å². The Morgan fingerprint density at radius 3 is 2.75 bits per heavy atom. The molecule has 4 nitrogen and oxygen atoms in total. The maximum Gasteiger partial charge on any atom is 0.304 e. The molecular formula is C15H16ClNO3. The van der Waals surface area contributed by atoms with Crippen LogP contribution >= 0.6 is 11.6 Å². The number of hydrogen-bond donors (Lipinski definition) is 1. The van der Waals surface area contributed by atoms with Crippen LogP contribution in [0.3, 0.4) is 0 Å². The predicted molar refractivity (Wildman–Crippen MR) is 77.7 cm³/mol. The highest BCUT2D eigenvalue weighted by Gasteiger charge is 2.10. The Bertz CT molecular complexity index is 594. The van der Waals surface area contributed by atoms with Crippen molar-refractivity contribution >= 4 is 17.6 Å². The fraction of sp³-hybridized carbons (Fsp3) is 0.267. The molecule has 2 rings (SSSR count). The monoisotopic (exact) mass is 293 g/mol. The van der Waals surface area contributed by atoms with Crippen LogP contribution in [-0.4, -0.2) is 29.6 Å². The highest BCUT2D eigenvalue weighted by Crippen LogP contribution is 2.29. The van der Waals surface area contributed by atoms with Gasteiger partial charge in [-0.05, 0) is 31.3 Å². The van der Waals surface area contributed by atoms with E-state index in [9.17, 15) is 4.79 Å². The van der Waals surface area contributed by atoms with Crippen molar-refractivity contribution in [3.8, 4) is 11.3 Å². The highest BCUT2D eigenvalue weighted by molar-refractivity contribution is 6.33. The number of benzene rings is 1. The number of carboxylic acids is 1. The lowest BCUT2D eigenvalue weighted by Crippen LogP contribution is -2.20. The molecule has 106 valence electrons. The summed E-state index contributed by atoms with van der Waals surface area (Å²) < 4.78 is 5.75. The third kappa shape index (κ3) is 3.85. The summed E-state index contributed by atoms with van der Waals surface area (Å²) in [6.07, 6.45) is 0.120. The number of halogens is 1. The van der Waals surface area contributed by atoms with Gasteiger partial charge in [0.2, 0.25) is 0 Å². The van der Waals surface area contributed by atoms with Gasteiger partial charge in [-0.1, -0.05) is 23.7 Å². The van der Waals surface area contributed by atoms with Crippen LogP contribution in [-0.2, 0) is 11.3 Å². The van der Waals surface area contributed by atoms with Crippen molar-refractivity contribution in [2.75, 3.05) is 13.6 Å². The minimum absolute atomic E-state index is 0.120. The van der Waals surface area contributed by atoms with E-state index in [-0.39, 0.29) is 6.42 Å². The smallest absolute Gasteiger partial charge is 0.304 e. The largest absolute Gasteiger partial charge is 0.481 e. The first-order chi connectivity index (χ1) is 9.56. The molecule has 20 heavy (non-hydrogen) atoms. The fourth-order valence-electron chi connectivity index (χ4n) is 1.90. The average Bonchev–Trinajstić information content (AvgIpc) is 2.85. The molecule has 1 heterocycles. The minimum Gasteiger partial charge on any atom is -0.481 e. The molecule has 0 aliphatic heterocycles. The molecule has 1 aromatic heterocycles. The molecule has 0 saturated carbocycles. The molecule has 0 spiro atoms. The van der Waals surface area contributed by atoms with Gasteiger partial charge in [-0.2, -0.15) is 0 Å². The lowest BCUT2D eigenvalue weighted by Gasteiger charge is -2.13. The van der Waals surface area contributed by atoms with E-state index in [0.29, 0.717) is 18.1 Å². The van der Waals surface area contributed by atoms with E-state index in [1.807, 2.05) is 48.3 Å². The van der Waals surface area contributed by atoms with E-state index >= 15 is 0 Å². The summed E-state index contributed by atoms with van der Waals surface area (Å²) >= 11 is 6.12. The SMILES string of the molecule is CN(CCC(=O)O)Cc1ccc(-c2ccccc2Cl)o1. The van der Waals surface area contributed by atoms with Crippen LogP contribution in [0.25, 0.3) is 11.3 Å². The molecular weight excluding hydrogens is 278 g/mol. The molecule has 0 saturated heterocycles. The maximum atomic E-state index is 10.5. The first kappa shape index (κ1) is 14.6. The predicted octanol–water partition coefficient (Wildman–Crippen LogP) is 3.51. The summed E-state index contributed by atoms with van der Waals surface area (Å²) in [4.78, 5) is 12.4. The molecule has 0 bridgehead atoms. The van der Waals surface area contributed by atoms with E-state index in [1.54, 1.807) is 0 Å². The van der Waals surface area contributed by atoms with Crippen LogP contribution < -0.4 is 0 Å². The van der Waals surface area contributed by atoms with Crippen molar-refractivity contribution in [2.24, 2.45) is 0 Å². The van der Waals surface area contributed by atoms with Gasteiger partial charge in [-0.15, -0.1) is 0 Å². The van der Waals surface area contributed by atoms with Crippen molar-refractivity contribution in [3.05, 3.63) is 47.2 Å². The molecule has 0 aliphatic carbocycles. The van der Waals surface area contributed by atoms with Crippen LogP contribution in [0.15, 0.2) is 40.8 Å². The number of nitrogens with zero attached hydrogens (tertiary/aromatic N) is 1. The zero-order valence-electron chi connectivity index (χ0n) is 11.2. The van der Waals surface area contributed by atoms with Crippen LogP contribution in [0, 0.1) is 0 Å². The van der Waals surface area contributed by atoms with Gasteiger partial charge in [0, 0.05) is 12.1 Å². The van der Waals surface area contributed by atoms with Gasteiger partial charge in [0.05, 0.1) is 18.0 Å². The Hall–Kier alpha value is -1.78. The Balaban J connectivity index is 2.02. The van der Waals surface area contributed by atoms with E-state index in [1.165, 1.54) is 0 Å². The molecule has 0 atom stereocenters. The number of hydrogen-bond acceptors (Lipinski definition) is 3. The average molecular weight is 294 g/mol. The first-order valence-electron chi connectivity index (χ1n) is 6.30. The summed E-state index contributed by atoms with van der Waals surface area (Å²) in [6.45, 7) is 1.05. The van der Waals surface area contributed by atoms with E-state index in [4.69, 9.17) is 21.1 Å². The van der Waals surface area contributed by atoms with E-state index < -0.39 is 5.97 Å². The lowest BCUT2D eigenvalue weighted by atomic mass is 10.2. The third-order valence-electron chi connectivity index (χ3n) is 2.93. The second-order valence-corrected chi connectivity index (χ2v) is 5.03. The molecule has 5 heteroatoms. The number of carbonyl (C=O) groups is 1. The van der Waals surface area contributed by atoms with Gasteiger partial charge in [-0.3, -0.25) is 9.69 Å². The normalized spacial score (nSPS) is 10.9. The standard InChI is InChI=1S/C15H16ClNO3/c1-17(9-8-15(18)19)10-11-6-7-14(20-11)12-4-2-3-5-13(12)16/h2-7H,8-10H2,1H3,(H,18,19). The summed E-state index contributed by atoms with van der Waals surface area (Å²) in [7, 11) is 1.86. The molecule has 0 amide bonds. The Labute approximate surface area is 122 Å². The molecule has 0 fully saturated rings. The maximum absolute atomic E-state index is 10.5. The molecule has 1 N–H and O–H groups in total.